The smallest absolute Gasteiger partial charge is 1.00 e. The Bertz CT molecular complexity index is 13.5. The average molecular weight is 235 g/mol. The van der Waals surface area contributed by atoms with Crippen LogP contribution in [0.25, 0.3) is 0 Å². The van der Waals surface area contributed by atoms with Crippen molar-refractivity contribution in [1.82, 2.24) is 0 Å². The van der Waals surface area contributed by atoms with Crippen LogP contribution >= 0.6 is 19.4 Å². The molecular weight excluding hydrogens is 234 g/mol. The van der Waals surface area contributed by atoms with Crippen molar-refractivity contribution in [2.45, 2.75) is 0 Å². The van der Waals surface area contributed by atoms with E-state index in [9.17, 15) is 0 Å². The Morgan fingerprint density at radius 1 is 1.40 bits per heavy atom. The van der Waals surface area contributed by atoms with Crippen LogP contribution in [-0.2, 0) is 31.6 Å². The van der Waals surface area contributed by atoms with Crippen molar-refractivity contribution in [3.63, 3.8) is 0 Å². The van der Waals surface area contributed by atoms with Crippen molar-refractivity contribution in [3.8, 4) is 0 Å². The summed E-state index contributed by atoms with van der Waals surface area (Å²) in [5, 5.41) is 0. The van der Waals surface area contributed by atoms with Gasteiger partial charge in [-0.1, -0.05) is 0 Å². The Kier molecular flexibility index (Phi) is 49.4. The first-order valence-electron chi connectivity index (χ1n) is 0.535. The second kappa shape index (κ2) is 15.7. The molecule has 0 aliphatic heterocycles. The van der Waals surface area contributed by atoms with Crippen LogP contribution in [0.1, 0.15) is 1.43 Å². The fraction of sp³-hybridized carbons (Fsp3) is 0. The maximum atomic E-state index is 4.95. The van der Waals surface area contributed by atoms with Gasteiger partial charge in [0.25, 0.3) is 0 Å². The van der Waals surface area contributed by atoms with E-state index in [1.54, 1.807) is 0 Å². The summed E-state index contributed by atoms with van der Waals surface area (Å²) in [5.74, 6) is 0. The van der Waals surface area contributed by atoms with Crippen molar-refractivity contribution in [3.05, 3.63) is 0 Å². The van der Waals surface area contributed by atoms with E-state index in [2.05, 4.69) is 0 Å². The molecule has 0 bridgehead atoms. The molecule has 5 heavy (non-hydrogen) atoms. The fourth-order valence-electron chi connectivity index (χ4n) is 0. The third-order valence-electron chi connectivity index (χ3n) is 0. The van der Waals surface area contributed by atoms with Crippen LogP contribution in [0.3, 0.4) is 0 Å². The minimum atomic E-state index is -0.931. The molecule has 0 nitrogen and oxygen atoms in total. The zero-order chi connectivity index (χ0) is 2.71. The van der Waals surface area contributed by atoms with Crippen LogP contribution in [0, 0.1) is 0 Å². The summed E-state index contributed by atoms with van der Waals surface area (Å²) in [6.45, 7) is 0. The van der Waals surface area contributed by atoms with Gasteiger partial charge in [0.1, 0.15) is 0 Å². The topological polar surface area (TPSA) is 0 Å². The SMILES string of the molecule is [Cl][Zn][Cl].[H-].[K+].[Ni]. The summed E-state index contributed by atoms with van der Waals surface area (Å²) in [4.78, 5) is 0. The van der Waals surface area contributed by atoms with Gasteiger partial charge in [0.15, 0.2) is 0 Å². The van der Waals surface area contributed by atoms with Crippen LogP contribution < -0.4 is 51.4 Å². The first kappa shape index (κ1) is 15.8. The van der Waals surface area contributed by atoms with E-state index in [4.69, 9.17) is 19.4 Å². The summed E-state index contributed by atoms with van der Waals surface area (Å²) in [6, 6.07) is 0. The molecule has 0 rings (SSSR count). The Morgan fingerprint density at radius 2 is 1.40 bits per heavy atom. The molecule has 5 heteroatoms. The quantitative estimate of drug-likeness (QED) is 0.448. The van der Waals surface area contributed by atoms with Crippen LogP contribution in [0.2, 0.25) is 0 Å². The molecule has 0 N–H and O–H groups in total. The zero-order valence-corrected chi connectivity index (χ0v) is 11.4. The molecule has 28 valence electrons. The first-order chi connectivity index (χ1) is 1.41. The predicted molar refractivity (Wildman–Crippen MR) is 12.8 cm³/mol. The molecule has 0 aromatic heterocycles. The molecule has 0 aromatic carbocycles. The maximum absolute atomic E-state index is 4.95. The molecule has 0 aliphatic rings. The van der Waals surface area contributed by atoms with Gasteiger partial charge in [0, 0.05) is 16.5 Å². The molecule has 0 saturated carbocycles. The Morgan fingerprint density at radius 3 is 1.40 bits per heavy atom. The van der Waals surface area contributed by atoms with Crippen LogP contribution in [0.15, 0.2) is 0 Å². The summed E-state index contributed by atoms with van der Waals surface area (Å²) in [6.07, 6.45) is 0. The van der Waals surface area contributed by atoms with Gasteiger partial charge >= 0.3 is 85.9 Å². The van der Waals surface area contributed by atoms with Crippen LogP contribution in [-0.4, -0.2) is 0 Å². The average Bonchev–Trinajstić information content (AvgIpc) is 0.918. The van der Waals surface area contributed by atoms with E-state index in [1.165, 1.54) is 0 Å². The van der Waals surface area contributed by atoms with Crippen molar-refractivity contribution in [2.75, 3.05) is 0 Å². The van der Waals surface area contributed by atoms with Crippen molar-refractivity contribution < 1.29 is 84.4 Å². The molecule has 0 heterocycles. The van der Waals surface area contributed by atoms with E-state index in [0.29, 0.717) is 0 Å². The standard InChI is InChI=1S/2ClH.K.Ni.Zn.H/h2*1H;;;;/q;;+1;;+2;-1/p-2. The minimum Gasteiger partial charge on any atom is -1.00 e. The molecule has 0 atom stereocenters. The Hall–Kier alpha value is 3.33. The van der Waals surface area contributed by atoms with Gasteiger partial charge in [0.2, 0.25) is 0 Å². The molecule has 0 fully saturated rings. The summed E-state index contributed by atoms with van der Waals surface area (Å²) >= 11 is -0.931. The van der Waals surface area contributed by atoms with Crippen LogP contribution in [0.4, 0.5) is 0 Å². The third kappa shape index (κ3) is 18.8. The second-order valence-electron chi connectivity index (χ2n) is 0.101. The fourth-order valence-corrected chi connectivity index (χ4v) is 0. The summed E-state index contributed by atoms with van der Waals surface area (Å²) < 4.78 is 0. The zero-order valence-electron chi connectivity index (χ0n) is 3.78. The molecular formula is HCl2KNiZn. The second-order valence-corrected chi connectivity index (χ2v) is 4.72. The maximum Gasteiger partial charge on any atom is 1.00 e. The monoisotopic (exact) mass is 232 g/mol. The van der Waals surface area contributed by atoms with Crippen molar-refractivity contribution in [1.29, 1.82) is 0 Å². The van der Waals surface area contributed by atoms with Crippen LogP contribution in [0.5, 0.6) is 0 Å². The summed E-state index contributed by atoms with van der Waals surface area (Å²) in [7, 11) is 9.90. The Balaban J connectivity index is -0.00000000667. The molecule has 0 radical (unpaired) electrons. The van der Waals surface area contributed by atoms with E-state index in [0.717, 1.165) is 0 Å². The van der Waals surface area contributed by atoms with Gasteiger partial charge in [0.05, 0.1) is 0 Å². The number of halogens is 2. The van der Waals surface area contributed by atoms with E-state index in [1.807, 2.05) is 0 Å². The first-order valence-corrected chi connectivity index (χ1v) is 8.33. The Labute approximate surface area is 101 Å². The minimum absolute atomic E-state index is 0. The molecule has 0 aromatic rings. The largest absolute Gasteiger partial charge is 1.00 e. The van der Waals surface area contributed by atoms with E-state index < -0.39 is 15.1 Å². The van der Waals surface area contributed by atoms with Gasteiger partial charge in [-0.3, -0.25) is 0 Å². The van der Waals surface area contributed by atoms with Gasteiger partial charge in [-0.25, -0.2) is 0 Å². The number of rotatable bonds is 0. The molecule has 0 spiro atoms. The third-order valence-corrected chi connectivity index (χ3v) is 0. The van der Waals surface area contributed by atoms with E-state index >= 15 is 0 Å². The number of hydrogen-bond acceptors (Lipinski definition) is 0. The van der Waals surface area contributed by atoms with Crippen molar-refractivity contribution in [2.24, 2.45) is 0 Å². The van der Waals surface area contributed by atoms with Gasteiger partial charge in [-0.2, -0.15) is 0 Å². The molecule has 0 saturated heterocycles. The van der Waals surface area contributed by atoms with Gasteiger partial charge in [-0.15, -0.1) is 0 Å². The van der Waals surface area contributed by atoms with E-state index in [-0.39, 0.29) is 69.3 Å². The summed E-state index contributed by atoms with van der Waals surface area (Å²) in [5.41, 5.74) is 0. The molecule has 0 amide bonds. The number of hydrogen-bond donors (Lipinski definition) is 0. The predicted octanol–water partition coefficient (Wildman–Crippen LogP) is -1.51. The normalized spacial score (nSPS) is 2.00. The van der Waals surface area contributed by atoms with Gasteiger partial charge < -0.3 is 1.43 Å². The van der Waals surface area contributed by atoms with Gasteiger partial charge in [-0.05, 0) is 0 Å². The van der Waals surface area contributed by atoms with Crippen molar-refractivity contribution >= 4 is 19.4 Å². The molecule has 0 unspecified atom stereocenters. The molecule has 0 aliphatic carbocycles.